The van der Waals surface area contributed by atoms with E-state index < -0.39 is 11.9 Å². The fraction of sp³-hybridized carbons (Fsp3) is 0.667. The molecule has 6 heteroatoms. The Morgan fingerprint density at radius 1 is 0.944 bits per heavy atom. The summed E-state index contributed by atoms with van der Waals surface area (Å²) in [5.74, 6) is -1.53. The van der Waals surface area contributed by atoms with Crippen LogP contribution in [0.3, 0.4) is 0 Å². The number of hydrogen-bond acceptors (Lipinski definition) is 4. The maximum absolute atomic E-state index is 10.7. The second kappa shape index (κ2) is 6.89. The molecular formula is C12H16O4S2. The minimum atomic E-state index is -1.02. The van der Waals surface area contributed by atoms with Gasteiger partial charge in [-0.15, -0.1) is 0 Å². The summed E-state index contributed by atoms with van der Waals surface area (Å²) in [5, 5.41) is 17.5. The average molecular weight is 288 g/mol. The fourth-order valence-corrected chi connectivity index (χ4v) is 2.94. The van der Waals surface area contributed by atoms with E-state index >= 15 is 0 Å². The number of carboxylic acid groups (broad SMARTS) is 2. The lowest BCUT2D eigenvalue weighted by Gasteiger charge is -2.28. The number of carbonyl (C=O) groups is 2. The maximum atomic E-state index is 10.7. The van der Waals surface area contributed by atoms with Gasteiger partial charge in [-0.1, -0.05) is 43.7 Å². The number of aliphatic carboxylic acids is 2. The van der Waals surface area contributed by atoms with Gasteiger partial charge in [0.2, 0.25) is 0 Å². The molecular weight excluding hydrogens is 272 g/mol. The van der Waals surface area contributed by atoms with Crippen molar-refractivity contribution in [3.05, 3.63) is 0 Å². The van der Waals surface area contributed by atoms with E-state index in [0.717, 1.165) is 25.7 Å². The van der Waals surface area contributed by atoms with Gasteiger partial charge in [-0.05, 0) is 31.1 Å². The average Bonchev–Trinajstić information content (AvgIpc) is 2.29. The van der Waals surface area contributed by atoms with Crippen LogP contribution in [-0.4, -0.2) is 31.9 Å². The van der Waals surface area contributed by atoms with Gasteiger partial charge in [0.15, 0.2) is 0 Å². The molecule has 0 heterocycles. The van der Waals surface area contributed by atoms with Crippen LogP contribution in [0.15, 0.2) is 0 Å². The highest BCUT2D eigenvalue weighted by molar-refractivity contribution is 7.82. The van der Waals surface area contributed by atoms with Crippen LogP contribution in [0.1, 0.15) is 38.5 Å². The van der Waals surface area contributed by atoms with Gasteiger partial charge in [0, 0.05) is 0 Å². The molecule has 0 aromatic rings. The van der Waals surface area contributed by atoms with Crippen LogP contribution in [0.2, 0.25) is 0 Å². The molecule has 0 unspecified atom stereocenters. The molecule has 0 aromatic heterocycles. The number of rotatable bonds is 6. The van der Waals surface area contributed by atoms with Crippen LogP contribution in [0.5, 0.6) is 0 Å². The van der Waals surface area contributed by atoms with Crippen molar-refractivity contribution in [2.45, 2.75) is 38.5 Å². The minimum absolute atomic E-state index is 0.0708. The summed E-state index contributed by atoms with van der Waals surface area (Å²) in [6.45, 7) is 0. The molecule has 1 saturated carbocycles. The molecule has 1 aliphatic carbocycles. The summed E-state index contributed by atoms with van der Waals surface area (Å²) in [4.78, 5) is 21.5. The molecule has 2 atom stereocenters. The normalized spacial score (nSPS) is 23.3. The summed E-state index contributed by atoms with van der Waals surface area (Å²) < 4.78 is 0. The molecule has 0 spiro atoms. The molecule has 0 aliphatic heterocycles. The number of thiocarbonyl (C=S) groups is 2. The molecule has 0 bridgehead atoms. The van der Waals surface area contributed by atoms with Crippen LogP contribution in [-0.2, 0) is 9.59 Å². The Morgan fingerprint density at radius 2 is 1.33 bits per heavy atom. The molecule has 0 aromatic carbocycles. The van der Waals surface area contributed by atoms with Gasteiger partial charge in [-0.25, -0.2) is 9.59 Å². The molecule has 0 amide bonds. The highest BCUT2D eigenvalue weighted by Crippen LogP contribution is 2.33. The molecule has 4 nitrogen and oxygen atoms in total. The fourth-order valence-electron chi connectivity index (χ4n) is 2.47. The highest BCUT2D eigenvalue weighted by Gasteiger charge is 2.26. The van der Waals surface area contributed by atoms with Crippen molar-refractivity contribution in [1.29, 1.82) is 0 Å². The van der Waals surface area contributed by atoms with Crippen molar-refractivity contribution in [2.75, 3.05) is 0 Å². The SMILES string of the molecule is O=C(O)C(=S)C[C@H]1CCC[C@@H](CC(=S)C(=O)O)C1. The third kappa shape index (κ3) is 4.78. The van der Waals surface area contributed by atoms with Crippen LogP contribution in [0.25, 0.3) is 0 Å². The molecule has 1 rings (SSSR count). The third-order valence-corrected chi connectivity index (χ3v) is 4.00. The van der Waals surface area contributed by atoms with Gasteiger partial charge in [-0.3, -0.25) is 0 Å². The quantitative estimate of drug-likeness (QED) is 0.731. The van der Waals surface area contributed by atoms with E-state index in [4.69, 9.17) is 34.6 Å². The minimum Gasteiger partial charge on any atom is -0.477 e. The molecule has 0 saturated heterocycles. The summed E-state index contributed by atoms with van der Waals surface area (Å²) in [5.41, 5.74) is 0. The molecule has 1 fully saturated rings. The second-order valence-electron chi connectivity index (χ2n) is 4.76. The predicted molar refractivity (Wildman–Crippen MR) is 75.1 cm³/mol. The van der Waals surface area contributed by atoms with Crippen molar-refractivity contribution in [1.82, 2.24) is 0 Å². The highest BCUT2D eigenvalue weighted by atomic mass is 32.1. The van der Waals surface area contributed by atoms with Crippen molar-refractivity contribution in [3.8, 4) is 0 Å². The largest absolute Gasteiger partial charge is 0.477 e. The van der Waals surface area contributed by atoms with E-state index in [0.29, 0.717) is 12.8 Å². The number of carboxylic acids is 2. The van der Waals surface area contributed by atoms with Crippen molar-refractivity contribution < 1.29 is 19.8 Å². The Labute approximate surface area is 116 Å². The van der Waals surface area contributed by atoms with Crippen LogP contribution in [0.4, 0.5) is 0 Å². The summed E-state index contributed by atoms with van der Waals surface area (Å²) in [6.07, 6.45) is 4.57. The third-order valence-electron chi connectivity index (χ3n) is 3.32. The summed E-state index contributed by atoms with van der Waals surface area (Å²) >= 11 is 9.61. The van der Waals surface area contributed by atoms with Gasteiger partial charge in [0.25, 0.3) is 0 Å². The first-order chi connectivity index (χ1) is 8.40. The first kappa shape index (κ1) is 15.2. The molecule has 18 heavy (non-hydrogen) atoms. The zero-order valence-electron chi connectivity index (χ0n) is 9.92. The van der Waals surface area contributed by atoms with E-state index in [-0.39, 0.29) is 21.6 Å². The zero-order valence-corrected chi connectivity index (χ0v) is 11.6. The van der Waals surface area contributed by atoms with Gasteiger partial charge >= 0.3 is 11.9 Å². The lowest BCUT2D eigenvalue weighted by molar-refractivity contribution is -0.130. The standard InChI is InChI=1S/C12H16O4S2/c13-11(14)9(17)5-7-2-1-3-8(4-7)6-10(18)12(15)16/h7-8H,1-6H2,(H,13,14)(H,15,16)/t7-,8+. The first-order valence-electron chi connectivity index (χ1n) is 5.92. The lowest BCUT2D eigenvalue weighted by Crippen LogP contribution is -2.24. The smallest absolute Gasteiger partial charge is 0.342 e. The molecule has 2 N–H and O–H groups in total. The monoisotopic (exact) mass is 288 g/mol. The summed E-state index contributed by atoms with van der Waals surface area (Å²) in [6, 6.07) is 0. The van der Waals surface area contributed by atoms with E-state index in [1.165, 1.54) is 0 Å². The summed E-state index contributed by atoms with van der Waals surface area (Å²) in [7, 11) is 0. The molecule has 0 radical (unpaired) electrons. The van der Waals surface area contributed by atoms with Gasteiger partial charge in [-0.2, -0.15) is 0 Å². The van der Waals surface area contributed by atoms with Crippen LogP contribution >= 0.6 is 24.4 Å². The first-order valence-corrected chi connectivity index (χ1v) is 6.74. The second-order valence-corrected chi connectivity index (χ2v) is 5.75. The van der Waals surface area contributed by atoms with Gasteiger partial charge in [0.1, 0.15) is 9.73 Å². The number of hydrogen-bond donors (Lipinski definition) is 2. The van der Waals surface area contributed by atoms with E-state index in [1.807, 2.05) is 0 Å². The van der Waals surface area contributed by atoms with E-state index in [1.54, 1.807) is 0 Å². The van der Waals surface area contributed by atoms with Crippen LogP contribution in [0, 0.1) is 11.8 Å². The Balaban J connectivity index is 2.46. The van der Waals surface area contributed by atoms with Gasteiger partial charge < -0.3 is 10.2 Å². The maximum Gasteiger partial charge on any atom is 0.342 e. The lowest BCUT2D eigenvalue weighted by atomic mass is 9.77. The Kier molecular flexibility index (Phi) is 5.81. The van der Waals surface area contributed by atoms with Crippen molar-refractivity contribution in [3.63, 3.8) is 0 Å². The van der Waals surface area contributed by atoms with Crippen molar-refractivity contribution in [2.24, 2.45) is 11.8 Å². The van der Waals surface area contributed by atoms with Crippen molar-refractivity contribution >= 4 is 46.1 Å². The Morgan fingerprint density at radius 3 is 1.67 bits per heavy atom. The topological polar surface area (TPSA) is 74.6 Å². The Hall–Kier alpha value is -0.880. The molecule has 1 aliphatic rings. The van der Waals surface area contributed by atoms with E-state index in [2.05, 4.69) is 0 Å². The van der Waals surface area contributed by atoms with Gasteiger partial charge in [0.05, 0.1) is 0 Å². The van der Waals surface area contributed by atoms with Crippen LogP contribution < -0.4 is 0 Å². The Bertz CT molecular complexity index is 344. The van der Waals surface area contributed by atoms with E-state index in [9.17, 15) is 9.59 Å². The zero-order chi connectivity index (χ0) is 13.7. The predicted octanol–water partition coefficient (Wildman–Crippen LogP) is 2.48. The molecule has 100 valence electrons.